The van der Waals surface area contributed by atoms with E-state index in [1.54, 1.807) is 12.1 Å². The molecule has 30 heavy (non-hydrogen) atoms. The van der Waals surface area contributed by atoms with Gasteiger partial charge in [0.25, 0.3) is 5.91 Å². The minimum Gasteiger partial charge on any atom is -0.384 e. The lowest BCUT2D eigenvalue weighted by Crippen LogP contribution is -2.49. The van der Waals surface area contributed by atoms with Crippen molar-refractivity contribution >= 4 is 17.6 Å². The molecule has 158 valence electrons. The van der Waals surface area contributed by atoms with Crippen molar-refractivity contribution in [2.45, 2.75) is 32.4 Å². The standard InChI is InChI=1S/C21H23F2N5O2/c1-12-6-7-25-19(12)21(30)28-17(9-13-2-4-15(22)16(23)8-13)20(29)27-11-14-3-5-18(24)26-10-14/h2-5,8,10,17,25H,6-7,9,11H2,1H3,(H2,24,26)(H,27,29)(H,28,30)/t17-/m0/s1. The molecule has 0 spiro atoms. The van der Waals surface area contributed by atoms with Gasteiger partial charge in [-0.3, -0.25) is 9.59 Å². The van der Waals surface area contributed by atoms with Gasteiger partial charge in [-0.15, -0.1) is 0 Å². The third-order valence-electron chi connectivity index (χ3n) is 4.82. The average molecular weight is 415 g/mol. The van der Waals surface area contributed by atoms with Crippen LogP contribution < -0.4 is 21.7 Å². The molecule has 7 nitrogen and oxygen atoms in total. The number of anilines is 1. The predicted octanol–water partition coefficient (Wildman–Crippen LogP) is 1.55. The van der Waals surface area contributed by atoms with Gasteiger partial charge >= 0.3 is 0 Å². The van der Waals surface area contributed by atoms with E-state index in [2.05, 4.69) is 20.9 Å². The number of nitrogens with two attached hydrogens (primary N) is 1. The Hall–Kier alpha value is -3.49. The molecular weight excluding hydrogens is 392 g/mol. The maximum atomic E-state index is 13.6. The minimum absolute atomic E-state index is 0.00108. The molecule has 2 amide bonds. The summed E-state index contributed by atoms with van der Waals surface area (Å²) in [7, 11) is 0. The van der Waals surface area contributed by atoms with Crippen molar-refractivity contribution in [3.63, 3.8) is 0 Å². The second-order valence-corrected chi connectivity index (χ2v) is 7.12. The van der Waals surface area contributed by atoms with E-state index in [0.717, 1.165) is 29.7 Å². The highest BCUT2D eigenvalue weighted by Crippen LogP contribution is 2.14. The SMILES string of the molecule is CC1=C(C(=O)N[C@@H](Cc2ccc(F)c(F)c2)C(=O)NCc2ccc(N)nc2)NCC1. The fourth-order valence-electron chi connectivity index (χ4n) is 3.12. The van der Waals surface area contributed by atoms with E-state index in [4.69, 9.17) is 5.73 Å². The van der Waals surface area contributed by atoms with Crippen LogP contribution in [0.2, 0.25) is 0 Å². The fourth-order valence-corrected chi connectivity index (χ4v) is 3.12. The number of rotatable bonds is 7. The first kappa shape index (κ1) is 21.2. The summed E-state index contributed by atoms with van der Waals surface area (Å²) in [6.45, 7) is 2.67. The molecule has 1 atom stereocenters. The van der Waals surface area contributed by atoms with E-state index in [1.165, 1.54) is 12.3 Å². The molecule has 0 saturated carbocycles. The van der Waals surface area contributed by atoms with Gasteiger partial charge in [-0.2, -0.15) is 0 Å². The molecule has 0 saturated heterocycles. The van der Waals surface area contributed by atoms with Crippen LogP contribution in [0.15, 0.2) is 47.8 Å². The molecule has 2 heterocycles. The lowest BCUT2D eigenvalue weighted by atomic mass is 10.0. The van der Waals surface area contributed by atoms with Crippen molar-refractivity contribution in [3.05, 3.63) is 70.6 Å². The van der Waals surface area contributed by atoms with Crippen LogP contribution in [0.25, 0.3) is 0 Å². The molecule has 2 aromatic rings. The topological polar surface area (TPSA) is 109 Å². The van der Waals surface area contributed by atoms with Crippen molar-refractivity contribution in [2.75, 3.05) is 12.3 Å². The summed E-state index contributed by atoms with van der Waals surface area (Å²) in [5, 5.41) is 8.43. The monoisotopic (exact) mass is 415 g/mol. The first-order valence-electron chi connectivity index (χ1n) is 9.50. The highest BCUT2D eigenvalue weighted by Gasteiger charge is 2.25. The molecule has 0 unspecified atom stereocenters. The summed E-state index contributed by atoms with van der Waals surface area (Å²) in [6, 6.07) is 5.75. The van der Waals surface area contributed by atoms with Crippen molar-refractivity contribution < 1.29 is 18.4 Å². The van der Waals surface area contributed by atoms with Gasteiger partial charge in [-0.1, -0.05) is 12.1 Å². The van der Waals surface area contributed by atoms with Crippen LogP contribution >= 0.6 is 0 Å². The number of nitrogens with zero attached hydrogens (tertiary/aromatic N) is 1. The molecule has 1 aromatic carbocycles. The summed E-state index contributed by atoms with van der Waals surface area (Å²) >= 11 is 0. The second kappa shape index (κ2) is 9.34. The van der Waals surface area contributed by atoms with Crippen molar-refractivity contribution in [1.29, 1.82) is 0 Å². The highest BCUT2D eigenvalue weighted by molar-refractivity contribution is 5.97. The summed E-state index contributed by atoms with van der Waals surface area (Å²) in [4.78, 5) is 29.4. The van der Waals surface area contributed by atoms with E-state index in [1.807, 2.05) is 6.92 Å². The van der Waals surface area contributed by atoms with Gasteiger partial charge in [0.1, 0.15) is 11.9 Å². The van der Waals surface area contributed by atoms with Gasteiger partial charge in [-0.05, 0) is 48.2 Å². The zero-order valence-corrected chi connectivity index (χ0v) is 16.5. The minimum atomic E-state index is -1.01. The van der Waals surface area contributed by atoms with Crippen LogP contribution in [0, 0.1) is 11.6 Å². The molecule has 1 aliphatic heterocycles. The van der Waals surface area contributed by atoms with Crippen molar-refractivity contribution in [2.24, 2.45) is 0 Å². The summed E-state index contributed by atoms with van der Waals surface area (Å²) in [5.74, 6) is -2.50. The van der Waals surface area contributed by atoms with Crippen molar-refractivity contribution in [1.82, 2.24) is 20.9 Å². The molecule has 9 heteroatoms. The Morgan fingerprint density at radius 1 is 1.20 bits per heavy atom. The Bertz CT molecular complexity index is 976. The van der Waals surface area contributed by atoms with Gasteiger partial charge in [0.2, 0.25) is 5.91 Å². The van der Waals surface area contributed by atoms with Gasteiger partial charge in [0.05, 0.1) is 5.70 Å². The molecule has 0 bridgehead atoms. The van der Waals surface area contributed by atoms with Crippen LogP contribution in [0.5, 0.6) is 0 Å². The number of hydrogen-bond acceptors (Lipinski definition) is 5. The second-order valence-electron chi connectivity index (χ2n) is 7.12. The number of aromatic nitrogens is 1. The molecule has 0 aliphatic carbocycles. The Balaban J connectivity index is 1.73. The Morgan fingerprint density at radius 3 is 2.60 bits per heavy atom. The predicted molar refractivity (Wildman–Crippen MR) is 108 cm³/mol. The van der Waals surface area contributed by atoms with Gasteiger partial charge in [0, 0.05) is 25.7 Å². The van der Waals surface area contributed by atoms with E-state index in [-0.39, 0.29) is 13.0 Å². The number of amides is 2. The number of pyridine rings is 1. The fraction of sp³-hybridized carbons (Fsp3) is 0.286. The first-order chi connectivity index (χ1) is 14.3. The molecule has 3 rings (SSSR count). The third kappa shape index (κ3) is 5.31. The number of nitrogens with one attached hydrogen (secondary N) is 3. The van der Waals surface area contributed by atoms with Gasteiger partial charge in [0.15, 0.2) is 11.6 Å². The molecule has 1 aromatic heterocycles. The average Bonchev–Trinajstić information content (AvgIpc) is 3.15. The van der Waals surface area contributed by atoms with Gasteiger partial charge < -0.3 is 21.7 Å². The lowest BCUT2D eigenvalue weighted by Gasteiger charge is -2.19. The summed E-state index contributed by atoms with van der Waals surface area (Å²) < 4.78 is 26.8. The van der Waals surface area contributed by atoms with E-state index in [9.17, 15) is 18.4 Å². The zero-order chi connectivity index (χ0) is 21.7. The maximum Gasteiger partial charge on any atom is 0.267 e. The Morgan fingerprint density at radius 2 is 1.97 bits per heavy atom. The molecule has 0 radical (unpaired) electrons. The molecule has 5 N–H and O–H groups in total. The third-order valence-corrected chi connectivity index (χ3v) is 4.82. The largest absolute Gasteiger partial charge is 0.384 e. The highest BCUT2D eigenvalue weighted by atomic mass is 19.2. The van der Waals surface area contributed by atoms with E-state index >= 15 is 0 Å². The molecule has 0 fully saturated rings. The zero-order valence-electron chi connectivity index (χ0n) is 16.5. The van der Waals surface area contributed by atoms with Crippen molar-refractivity contribution in [3.8, 4) is 0 Å². The summed E-state index contributed by atoms with van der Waals surface area (Å²) in [5.41, 5.74) is 7.99. The molecule has 1 aliphatic rings. The van der Waals surface area contributed by atoms with Crippen LogP contribution in [-0.4, -0.2) is 29.4 Å². The van der Waals surface area contributed by atoms with Crippen LogP contribution in [0.3, 0.4) is 0 Å². The maximum absolute atomic E-state index is 13.6. The Labute approximate surface area is 172 Å². The van der Waals surface area contributed by atoms with E-state index < -0.39 is 29.5 Å². The number of carbonyl (C=O) groups excluding carboxylic acids is 2. The number of hydrogen-bond donors (Lipinski definition) is 4. The first-order valence-corrected chi connectivity index (χ1v) is 9.50. The van der Waals surface area contributed by atoms with Crippen LogP contribution in [0.4, 0.5) is 14.6 Å². The normalized spacial score (nSPS) is 14.2. The number of carbonyl (C=O) groups is 2. The Kier molecular flexibility index (Phi) is 6.61. The van der Waals surface area contributed by atoms with Crippen LogP contribution in [-0.2, 0) is 22.6 Å². The molecular formula is C21H23F2N5O2. The number of halogens is 2. The quantitative estimate of drug-likeness (QED) is 0.549. The summed E-state index contributed by atoms with van der Waals surface area (Å²) in [6.07, 6.45) is 2.28. The van der Waals surface area contributed by atoms with E-state index in [0.29, 0.717) is 23.6 Å². The van der Waals surface area contributed by atoms with Gasteiger partial charge in [-0.25, -0.2) is 13.8 Å². The van der Waals surface area contributed by atoms with Crippen LogP contribution in [0.1, 0.15) is 24.5 Å². The smallest absolute Gasteiger partial charge is 0.267 e. The number of benzene rings is 1. The lowest BCUT2D eigenvalue weighted by molar-refractivity contribution is -0.127. The number of nitrogen functional groups attached to an aromatic ring is 1.